The van der Waals surface area contributed by atoms with E-state index in [1.807, 2.05) is 0 Å². The average Bonchev–Trinajstić information content (AvgIpc) is 2.48. The maximum Gasteiger partial charge on any atom is 0.411 e. The Morgan fingerprint density at radius 1 is 1.46 bits per heavy atom. The zero-order valence-electron chi connectivity index (χ0n) is 7.04. The Bertz CT molecular complexity index is 332. The maximum absolute atomic E-state index is 10.4. The van der Waals surface area contributed by atoms with E-state index in [2.05, 4.69) is 10.5 Å². The number of amides is 1. The SMILES string of the molecule is O=C(O)Nc1onc2c1CCCC2. The normalized spacial score (nSPS) is 15.1. The number of carbonyl (C=O) groups is 1. The summed E-state index contributed by atoms with van der Waals surface area (Å²) in [6, 6.07) is 0. The van der Waals surface area contributed by atoms with Crippen molar-refractivity contribution in [1.29, 1.82) is 0 Å². The van der Waals surface area contributed by atoms with Crippen LogP contribution < -0.4 is 5.32 Å². The number of aromatic nitrogens is 1. The summed E-state index contributed by atoms with van der Waals surface area (Å²) in [6.07, 6.45) is 2.81. The first-order chi connectivity index (χ1) is 6.27. The lowest BCUT2D eigenvalue weighted by atomic mass is 9.98. The van der Waals surface area contributed by atoms with Crippen molar-refractivity contribution in [3.63, 3.8) is 0 Å². The van der Waals surface area contributed by atoms with Crippen molar-refractivity contribution in [2.24, 2.45) is 0 Å². The summed E-state index contributed by atoms with van der Waals surface area (Å²) in [5, 5.41) is 14.5. The van der Waals surface area contributed by atoms with E-state index in [-0.39, 0.29) is 0 Å². The second-order valence-corrected chi connectivity index (χ2v) is 3.07. The first kappa shape index (κ1) is 8.10. The van der Waals surface area contributed by atoms with Gasteiger partial charge in [-0.1, -0.05) is 5.16 Å². The molecule has 2 rings (SSSR count). The fraction of sp³-hybridized carbons (Fsp3) is 0.500. The highest BCUT2D eigenvalue weighted by atomic mass is 16.5. The molecule has 0 spiro atoms. The summed E-state index contributed by atoms with van der Waals surface area (Å²) in [6.45, 7) is 0. The predicted molar refractivity (Wildman–Crippen MR) is 44.8 cm³/mol. The number of hydrogen-bond acceptors (Lipinski definition) is 3. The van der Waals surface area contributed by atoms with Gasteiger partial charge in [-0.05, 0) is 25.7 Å². The molecule has 0 bridgehead atoms. The zero-order valence-corrected chi connectivity index (χ0v) is 7.04. The highest BCUT2D eigenvalue weighted by Gasteiger charge is 2.20. The molecular formula is C8H10N2O3. The van der Waals surface area contributed by atoms with E-state index in [1.165, 1.54) is 0 Å². The van der Waals surface area contributed by atoms with Crippen LogP contribution in [0.1, 0.15) is 24.1 Å². The molecule has 1 heterocycles. The van der Waals surface area contributed by atoms with Crippen molar-refractivity contribution in [1.82, 2.24) is 5.16 Å². The summed E-state index contributed by atoms with van der Waals surface area (Å²) < 4.78 is 4.89. The molecule has 0 unspecified atom stereocenters. The molecule has 1 aromatic heterocycles. The van der Waals surface area contributed by atoms with Gasteiger partial charge in [0.05, 0.1) is 5.69 Å². The molecule has 5 heteroatoms. The van der Waals surface area contributed by atoms with Crippen molar-refractivity contribution < 1.29 is 14.4 Å². The summed E-state index contributed by atoms with van der Waals surface area (Å²) in [5.41, 5.74) is 1.82. The Labute approximate surface area is 74.7 Å². The van der Waals surface area contributed by atoms with Crippen LogP contribution in [0, 0.1) is 0 Å². The quantitative estimate of drug-likeness (QED) is 0.692. The predicted octanol–water partition coefficient (Wildman–Crippen LogP) is 1.64. The van der Waals surface area contributed by atoms with E-state index in [0.29, 0.717) is 5.88 Å². The fourth-order valence-electron chi connectivity index (χ4n) is 1.59. The van der Waals surface area contributed by atoms with Gasteiger partial charge in [-0.25, -0.2) is 4.79 Å². The van der Waals surface area contributed by atoms with Gasteiger partial charge in [0, 0.05) is 5.56 Å². The summed E-state index contributed by atoms with van der Waals surface area (Å²) >= 11 is 0. The van der Waals surface area contributed by atoms with Crippen LogP contribution in [-0.4, -0.2) is 16.4 Å². The second kappa shape index (κ2) is 3.08. The summed E-state index contributed by atoms with van der Waals surface area (Å²) in [5.74, 6) is 0.294. The second-order valence-electron chi connectivity index (χ2n) is 3.07. The van der Waals surface area contributed by atoms with Gasteiger partial charge in [0.25, 0.3) is 0 Å². The van der Waals surface area contributed by atoms with Gasteiger partial charge < -0.3 is 9.63 Å². The lowest BCUT2D eigenvalue weighted by Gasteiger charge is -2.08. The number of rotatable bonds is 1. The third-order valence-electron chi connectivity index (χ3n) is 2.18. The van der Waals surface area contributed by atoms with Crippen LogP contribution in [0.25, 0.3) is 0 Å². The van der Waals surface area contributed by atoms with Gasteiger partial charge in [-0.2, -0.15) is 0 Å². The minimum Gasteiger partial charge on any atom is -0.465 e. The molecule has 70 valence electrons. The van der Waals surface area contributed by atoms with Gasteiger partial charge in [0.2, 0.25) is 5.88 Å². The van der Waals surface area contributed by atoms with Crippen molar-refractivity contribution in [2.75, 3.05) is 5.32 Å². The molecule has 13 heavy (non-hydrogen) atoms. The molecule has 1 aliphatic carbocycles. The topological polar surface area (TPSA) is 75.4 Å². The fourth-order valence-corrected chi connectivity index (χ4v) is 1.59. The van der Waals surface area contributed by atoms with E-state index in [4.69, 9.17) is 9.63 Å². The van der Waals surface area contributed by atoms with Gasteiger partial charge in [-0.3, -0.25) is 5.32 Å². The summed E-state index contributed by atoms with van der Waals surface area (Å²) in [4.78, 5) is 10.4. The highest BCUT2D eigenvalue weighted by Crippen LogP contribution is 2.27. The lowest BCUT2D eigenvalue weighted by molar-refractivity contribution is 0.208. The zero-order chi connectivity index (χ0) is 9.26. The molecule has 0 fully saturated rings. The van der Waals surface area contributed by atoms with E-state index in [0.717, 1.165) is 36.9 Å². The maximum atomic E-state index is 10.4. The molecule has 0 aromatic carbocycles. The molecule has 0 radical (unpaired) electrons. The number of hydrogen-bond donors (Lipinski definition) is 2. The van der Waals surface area contributed by atoms with Crippen LogP contribution in [0.4, 0.5) is 10.7 Å². The molecule has 0 saturated carbocycles. The first-order valence-electron chi connectivity index (χ1n) is 4.25. The third kappa shape index (κ3) is 1.49. The van der Waals surface area contributed by atoms with Gasteiger partial charge in [0.1, 0.15) is 0 Å². The number of aryl methyl sites for hydroxylation is 1. The minimum atomic E-state index is -1.11. The lowest BCUT2D eigenvalue weighted by Crippen LogP contribution is -2.09. The van der Waals surface area contributed by atoms with Crippen LogP contribution in [0.5, 0.6) is 0 Å². The highest BCUT2D eigenvalue weighted by molar-refractivity contribution is 5.82. The Morgan fingerprint density at radius 3 is 3.00 bits per heavy atom. The molecule has 2 N–H and O–H groups in total. The van der Waals surface area contributed by atoms with Crippen LogP contribution in [0.2, 0.25) is 0 Å². The van der Waals surface area contributed by atoms with Crippen LogP contribution in [0.15, 0.2) is 4.52 Å². The summed E-state index contributed by atoms with van der Waals surface area (Å²) in [7, 11) is 0. The monoisotopic (exact) mass is 182 g/mol. The van der Waals surface area contributed by atoms with Crippen molar-refractivity contribution >= 4 is 12.0 Å². The molecule has 1 aliphatic rings. The Hall–Kier alpha value is -1.52. The minimum absolute atomic E-state index is 0.294. The molecule has 0 saturated heterocycles. The number of carboxylic acid groups (broad SMARTS) is 1. The Morgan fingerprint density at radius 2 is 2.23 bits per heavy atom. The van der Waals surface area contributed by atoms with Gasteiger partial charge >= 0.3 is 6.09 Å². The van der Waals surface area contributed by atoms with Crippen molar-refractivity contribution in [2.45, 2.75) is 25.7 Å². The van der Waals surface area contributed by atoms with Gasteiger partial charge in [-0.15, -0.1) is 0 Å². The van der Waals surface area contributed by atoms with Crippen LogP contribution in [-0.2, 0) is 12.8 Å². The Balaban J connectivity index is 2.26. The molecular weight excluding hydrogens is 172 g/mol. The van der Waals surface area contributed by atoms with Crippen LogP contribution in [0.3, 0.4) is 0 Å². The molecule has 1 amide bonds. The van der Waals surface area contributed by atoms with Crippen molar-refractivity contribution in [3.05, 3.63) is 11.3 Å². The van der Waals surface area contributed by atoms with E-state index < -0.39 is 6.09 Å². The molecule has 0 atom stereocenters. The average molecular weight is 182 g/mol. The molecule has 0 aliphatic heterocycles. The molecule has 5 nitrogen and oxygen atoms in total. The van der Waals surface area contributed by atoms with Crippen molar-refractivity contribution in [3.8, 4) is 0 Å². The van der Waals surface area contributed by atoms with Crippen LogP contribution >= 0.6 is 0 Å². The smallest absolute Gasteiger partial charge is 0.411 e. The number of anilines is 1. The van der Waals surface area contributed by atoms with E-state index in [9.17, 15) is 4.79 Å². The van der Waals surface area contributed by atoms with E-state index >= 15 is 0 Å². The molecule has 1 aromatic rings. The largest absolute Gasteiger partial charge is 0.465 e. The van der Waals surface area contributed by atoms with Gasteiger partial charge in [0.15, 0.2) is 0 Å². The third-order valence-corrected chi connectivity index (χ3v) is 2.18. The van der Waals surface area contributed by atoms with E-state index in [1.54, 1.807) is 0 Å². The first-order valence-corrected chi connectivity index (χ1v) is 4.25. The number of fused-ring (bicyclic) bond motifs is 1. The Kier molecular flexibility index (Phi) is 1.92. The standard InChI is InChI=1S/C8H10N2O3/c11-8(12)9-7-5-3-1-2-4-6(5)10-13-7/h9H,1-4H2,(H,11,12). The number of nitrogens with zero attached hydrogens (tertiary/aromatic N) is 1. The number of nitrogens with one attached hydrogen (secondary N) is 1.